The number of amides is 3. The molecule has 2 aromatic carbocycles. The van der Waals surface area contributed by atoms with Gasteiger partial charge in [0.05, 0.1) is 32.1 Å². The molecule has 182 valence electrons. The van der Waals surface area contributed by atoms with Gasteiger partial charge in [0.15, 0.2) is 12.2 Å². The number of aromatic nitrogens is 1. The molecule has 0 saturated carbocycles. The van der Waals surface area contributed by atoms with Crippen molar-refractivity contribution >= 4 is 29.3 Å². The minimum Gasteiger partial charge on any atom is -0.496 e. The average molecular weight is 480 g/mol. The molecule has 0 bridgehead atoms. The number of methoxy groups -OCH3 is 1. The molecular weight excluding hydrogens is 456 g/mol. The van der Waals surface area contributed by atoms with E-state index >= 15 is 0 Å². The highest BCUT2D eigenvalue weighted by Crippen LogP contribution is 2.32. The summed E-state index contributed by atoms with van der Waals surface area (Å²) in [5.74, 6) is -0.758. The van der Waals surface area contributed by atoms with Crippen LogP contribution >= 0.6 is 0 Å². The lowest BCUT2D eigenvalue weighted by molar-refractivity contribution is -0.132. The zero-order valence-electron chi connectivity index (χ0n) is 18.9. The standard InChI is InChI=1S/C24H24N4O7/c1-32-20-10-17(5-6-19(20)21-12-25-14-34-21)28-23(30)22(29)27-16-4-2-3-15(9-16)11-26-24(31)35-18-7-8-33-13-18/h2-6,9-10,12,14,18H,7-8,11,13H2,1H3,(H,26,31)(H,27,29)(H,28,30). The van der Waals surface area contributed by atoms with Crippen molar-refractivity contribution in [3.63, 3.8) is 0 Å². The topological polar surface area (TPSA) is 141 Å². The van der Waals surface area contributed by atoms with E-state index in [0.29, 0.717) is 48.1 Å². The van der Waals surface area contributed by atoms with Gasteiger partial charge in [0.2, 0.25) is 0 Å². The van der Waals surface area contributed by atoms with E-state index in [4.69, 9.17) is 18.6 Å². The highest BCUT2D eigenvalue weighted by molar-refractivity contribution is 6.43. The number of nitrogens with zero attached hydrogens (tertiary/aromatic N) is 1. The van der Waals surface area contributed by atoms with Crippen LogP contribution in [0.1, 0.15) is 12.0 Å². The van der Waals surface area contributed by atoms with Crippen LogP contribution in [0.25, 0.3) is 11.3 Å². The monoisotopic (exact) mass is 480 g/mol. The molecule has 1 fully saturated rings. The Morgan fingerprint density at radius 2 is 1.89 bits per heavy atom. The minimum absolute atomic E-state index is 0.194. The second-order valence-electron chi connectivity index (χ2n) is 7.63. The van der Waals surface area contributed by atoms with E-state index in [9.17, 15) is 14.4 Å². The van der Waals surface area contributed by atoms with Gasteiger partial charge in [-0.3, -0.25) is 9.59 Å². The van der Waals surface area contributed by atoms with E-state index in [1.54, 1.807) is 48.7 Å². The summed E-state index contributed by atoms with van der Waals surface area (Å²) < 4.78 is 21.0. The molecule has 1 aliphatic rings. The maximum absolute atomic E-state index is 12.4. The van der Waals surface area contributed by atoms with E-state index < -0.39 is 17.9 Å². The van der Waals surface area contributed by atoms with Crippen LogP contribution in [0.5, 0.6) is 5.75 Å². The fourth-order valence-corrected chi connectivity index (χ4v) is 3.43. The van der Waals surface area contributed by atoms with Gasteiger partial charge in [0, 0.05) is 30.4 Å². The molecular formula is C24H24N4O7. The van der Waals surface area contributed by atoms with Crippen LogP contribution in [0.2, 0.25) is 0 Å². The third-order valence-corrected chi connectivity index (χ3v) is 5.15. The number of benzene rings is 2. The summed E-state index contributed by atoms with van der Waals surface area (Å²) >= 11 is 0. The normalized spacial score (nSPS) is 14.7. The second kappa shape index (κ2) is 11.2. The zero-order chi connectivity index (χ0) is 24.6. The largest absolute Gasteiger partial charge is 0.496 e. The number of carbonyl (C=O) groups is 3. The smallest absolute Gasteiger partial charge is 0.407 e. The van der Waals surface area contributed by atoms with E-state index in [2.05, 4.69) is 20.9 Å². The summed E-state index contributed by atoms with van der Waals surface area (Å²) in [5, 5.41) is 7.74. The van der Waals surface area contributed by atoms with Crippen molar-refractivity contribution in [3.05, 3.63) is 60.6 Å². The quantitative estimate of drug-likeness (QED) is 0.439. The Hall–Kier alpha value is -4.38. The molecule has 1 saturated heterocycles. The highest BCUT2D eigenvalue weighted by Gasteiger charge is 2.20. The van der Waals surface area contributed by atoms with E-state index in [0.717, 1.165) is 5.56 Å². The first-order chi connectivity index (χ1) is 17.0. The Morgan fingerprint density at radius 3 is 2.57 bits per heavy atom. The SMILES string of the molecule is COc1cc(NC(=O)C(=O)Nc2cccc(CNC(=O)OC3CCOC3)c2)ccc1-c1cnco1. The van der Waals surface area contributed by atoms with Crippen LogP contribution in [0.15, 0.2) is 59.5 Å². The van der Waals surface area contributed by atoms with Gasteiger partial charge in [0.1, 0.15) is 11.9 Å². The molecule has 2 heterocycles. The number of hydrogen-bond acceptors (Lipinski definition) is 8. The summed E-state index contributed by atoms with van der Waals surface area (Å²) in [6.07, 6.45) is 2.74. The molecule has 0 aliphatic carbocycles. The molecule has 1 atom stereocenters. The van der Waals surface area contributed by atoms with Crippen molar-refractivity contribution in [2.24, 2.45) is 0 Å². The van der Waals surface area contributed by atoms with Crippen LogP contribution < -0.4 is 20.7 Å². The van der Waals surface area contributed by atoms with Crippen LogP contribution in [-0.4, -0.2) is 49.3 Å². The highest BCUT2D eigenvalue weighted by atomic mass is 16.6. The number of rotatable bonds is 7. The number of carbonyl (C=O) groups excluding carboxylic acids is 3. The van der Waals surface area contributed by atoms with Crippen molar-refractivity contribution in [2.45, 2.75) is 19.1 Å². The van der Waals surface area contributed by atoms with Gasteiger partial charge in [-0.2, -0.15) is 0 Å². The maximum Gasteiger partial charge on any atom is 0.407 e. The van der Waals surface area contributed by atoms with E-state index in [1.807, 2.05) is 0 Å². The number of nitrogens with one attached hydrogen (secondary N) is 3. The fourth-order valence-electron chi connectivity index (χ4n) is 3.43. The molecule has 11 heteroatoms. The van der Waals surface area contributed by atoms with Crippen molar-refractivity contribution in [2.75, 3.05) is 31.0 Å². The lowest BCUT2D eigenvalue weighted by atomic mass is 10.1. The number of anilines is 2. The Balaban J connectivity index is 1.31. The lowest BCUT2D eigenvalue weighted by Crippen LogP contribution is -2.29. The van der Waals surface area contributed by atoms with Crippen LogP contribution in [-0.2, 0) is 25.6 Å². The molecule has 1 aliphatic heterocycles. The summed E-state index contributed by atoms with van der Waals surface area (Å²) in [4.78, 5) is 40.6. The first-order valence-corrected chi connectivity index (χ1v) is 10.8. The van der Waals surface area contributed by atoms with Crippen LogP contribution in [0.3, 0.4) is 0 Å². The molecule has 1 aromatic heterocycles. The molecule has 0 spiro atoms. The number of ether oxygens (including phenoxy) is 3. The van der Waals surface area contributed by atoms with Gasteiger partial charge in [0.25, 0.3) is 0 Å². The molecule has 0 radical (unpaired) electrons. The third kappa shape index (κ3) is 6.36. The number of oxazole rings is 1. The van der Waals surface area contributed by atoms with Gasteiger partial charge < -0.3 is 34.6 Å². The van der Waals surface area contributed by atoms with Crippen molar-refractivity contribution in [1.82, 2.24) is 10.3 Å². The van der Waals surface area contributed by atoms with Crippen molar-refractivity contribution in [3.8, 4) is 17.1 Å². The van der Waals surface area contributed by atoms with Gasteiger partial charge in [-0.25, -0.2) is 9.78 Å². The van der Waals surface area contributed by atoms with Crippen molar-refractivity contribution < 1.29 is 33.0 Å². The second-order valence-corrected chi connectivity index (χ2v) is 7.63. The van der Waals surface area contributed by atoms with Gasteiger partial charge >= 0.3 is 17.9 Å². The van der Waals surface area contributed by atoms with Crippen LogP contribution in [0, 0.1) is 0 Å². The zero-order valence-corrected chi connectivity index (χ0v) is 18.9. The Labute approximate surface area is 200 Å². The average Bonchev–Trinajstić information content (AvgIpc) is 3.57. The Kier molecular flexibility index (Phi) is 7.58. The van der Waals surface area contributed by atoms with E-state index in [-0.39, 0.29) is 12.6 Å². The molecule has 1 unspecified atom stereocenters. The van der Waals surface area contributed by atoms with Gasteiger partial charge in [-0.05, 0) is 29.8 Å². The molecule has 4 rings (SSSR count). The van der Waals surface area contributed by atoms with Gasteiger partial charge in [-0.1, -0.05) is 12.1 Å². The molecule has 11 nitrogen and oxygen atoms in total. The Bertz CT molecular complexity index is 1190. The summed E-state index contributed by atoms with van der Waals surface area (Å²) in [6, 6.07) is 11.6. The molecule has 3 aromatic rings. The van der Waals surface area contributed by atoms with E-state index in [1.165, 1.54) is 13.5 Å². The van der Waals surface area contributed by atoms with Gasteiger partial charge in [-0.15, -0.1) is 0 Å². The summed E-state index contributed by atoms with van der Waals surface area (Å²) in [6.45, 7) is 1.17. The fraction of sp³-hybridized carbons (Fsp3) is 0.250. The lowest BCUT2D eigenvalue weighted by Gasteiger charge is -2.12. The molecule has 3 N–H and O–H groups in total. The number of hydrogen-bond donors (Lipinski definition) is 3. The minimum atomic E-state index is -0.856. The Morgan fingerprint density at radius 1 is 1.09 bits per heavy atom. The first-order valence-electron chi connectivity index (χ1n) is 10.8. The molecule has 3 amide bonds. The first kappa shape index (κ1) is 23.8. The maximum atomic E-state index is 12.4. The third-order valence-electron chi connectivity index (χ3n) is 5.15. The van der Waals surface area contributed by atoms with Crippen molar-refractivity contribution in [1.29, 1.82) is 0 Å². The predicted octanol–water partition coefficient (Wildman–Crippen LogP) is 2.94. The van der Waals surface area contributed by atoms with Crippen LogP contribution in [0.4, 0.5) is 16.2 Å². The predicted molar refractivity (Wildman–Crippen MR) is 125 cm³/mol. The molecule has 35 heavy (non-hydrogen) atoms. The summed E-state index contributed by atoms with van der Waals surface area (Å²) in [5.41, 5.74) is 2.14. The number of alkyl carbamates (subject to hydrolysis) is 1. The summed E-state index contributed by atoms with van der Waals surface area (Å²) in [7, 11) is 1.48.